The molecule has 1 aromatic carbocycles. The quantitative estimate of drug-likeness (QED) is 0.745. The van der Waals surface area contributed by atoms with Crippen molar-refractivity contribution in [1.82, 2.24) is 9.80 Å². The molecule has 0 bridgehead atoms. The third kappa shape index (κ3) is 3.69. The third-order valence-corrected chi connectivity index (χ3v) is 6.54. The van der Waals surface area contributed by atoms with Gasteiger partial charge >= 0.3 is 0 Å². The van der Waals surface area contributed by atoms with Crippen molar-refractivity contribution in [2.45, 2.75) is 56.7 Å². The summed E-state index contributed by atoms with van der Waals surface area (Å²) in [5, 5.41) is 0.823. The summed E-state index contributed by atoms with van der Waals surface area (Å²) < 4.78 is 5.89. The minimum Gasteiger partial charge on any atom is -0.374 e. The summed E-state index contributed by atoms with van der Waals surface area (Å²) in [6.07, 6.45) is 5.93. The van der Waals surface area contributed by atoms with E-state index in [9.17, 15) is 9.59 Å². The number of hydrogen-bond donors (Lipinski definition) is 0. The van der Waals surface area contributed by atoms with Gasteiger partial charge in [0.05, 0.1) is 29.3 Å². The monoisotopic (exact) mass is 410 g/mol. The van der Waals surface area contributed by atoms with Gasteiger partial charge in [-0.2, -0.15) is 0 Å². The molecule has 1 saturated carbocycles. The van der Waals surface area contributed by atoms with Crippen molar-refractivity contribution in [1.29, 1.82) is 0 Å². The normalized spacial score (nSPS) is 28.1. The van der Waals surface area contributed by atoms with E-state index in [1.807, 2.05) is 4.90 Å². The topological polar surface area (TPSA) is 49.9 Å². The molecule has 2 aliphatic heterocycles. The molecule has 1 aliphatic carbocycles. The van der Waals surface area contributed by atoms with Gasteiger partial charge in [0.25, 0.3) is 5.91 Å². The second-order valence-electron chi connectivity index (χ2n) is 7.57. The van der Waals surface area contributed by atoms with E-state index in [0.29, 0.717) is 41.7 Å². The summed E-state index contributed by atoms with van der Waals surface area (Å²) in [4.78, 5) is 30.1. The first-order valence-electron chi connectivity index (χ1n) is 9.74. The summed E-state index contributed by atoms with van der Waals surface area (Å²) in [6.45, 7) is 1.75. The van der Waals surface area contributed by atoms with Gasteiger partial charge in [-0.3, -0.25) is 9.59 Å². The molecule has 2 heterocycles. The van der Waals surface area contributed by atoms with Gasteiger partial charge in [0.15, 0.2) is 0 Å². The highest BCUT2D eigenvalue weighted by molar-refractivity contribution is 6.35. The number of ether oxygens (including phenoxy) is 1. The Labute approximate surface area is 169 Å². The molecule has 7 heteroatoms. The Hall–Kier alpha value is -1.30. The number of hydrogen-bond acceptors (Lipinski definition) is 3. The highest BCUT2D eigenvalue weighted by atomic mass is 35.5. The lowest BCUT2D eigenvalue weighted by Crippen LogP contribution is -2.59. The molecular formula is C20H24Cl2N2O3. The zero-order valence-corrected chi connectivity index (χ0v) is 16.7. The van der Waals surface area contributed by atoms with E-state index in [4.69, 9.17) is 27.9 Å². The van der Waals surface area contributed by atoms with E-state index in [2.05, 4.69) is 0 Å². The highest BCUT2D eigenvalue weighted by Gasteiger charge is 2.43. The maximum Gasteiger partial charge on any atom is 0.256 e. The van der Waals surface area contributed by atoms with Crippen molar-refractivity contribution in [3.63, 3.8) is 0 Å². The first-order chi connectivity index (χ1) is 13.1. The fourth-order valence-electron chi connectivity index (χ4n) is 4.64. The Morgan fingerprint density at radius 2 is 1.81 bits per heavy atom. The molecule has 5 nitrogen and oxygen atoms in total. The fraction of sp³-hybridized carbons (Fsp3) is 0.600. The van der Waals surface area contributed by atoms with Gasteiger partial charge in [-0.05, 0) is 43.9 Å². The summed E-state index contributed by atoms with van der Waals surface area (Å²) >= 11 is 12.3. The van der Waals surface area contributed by atoms with E-state index >= 15 is 0 Å². The largest absolute Gasteiger partial charge is 0.374 e. The Morgan fingerprint density at radius 1 is 1.00 bits per heavy atom. The lowest BCUT2D eigenvalue weighted by atomic mass is 9.89. The highest BCUT2D eigenvalue weighted by Crippen LogP contribution is 2.32. The Kier molecular flexibility index (Phi) is 5.62. The fourth-order valence-corrected chi connectivity index (χ4v) is 5.01. The number of fused-ring (bicyclic) bond motifs is 1. The van der Waals surface area contributed by atoms with Gasteiger partial charge < -0.3 is 14.5 Å². The zero-order valence-electron chi connectivity index (χ0n) is 15.2. The van der Waals surface area contributed by atoms with Crippen LogP contribution >= 0.6 is 23.2 Å². The average molecular weight is 411 g/mol. The molecule has 146 valence electrons. The molecular weight excluding hydrogens is 387 g/mol. The first kappa shape index (κ1) is 19.0. The molecule has 0 N–H and O–H groups in total. The number of carbonyl (C=O) groups excluding carboxylic acids is 2. The lowest BCUT2D eigenvalue weighted by molar-refractivity contribution is -0.153. The number of halogens is 2. The van der Waals surface area contributed by atoms with Crippen molar-refractivity contribution in [3.05, 3.63) is 33.8 Å². The van der Waals surface area contributed by atoms with E-state index in [1.54, 1.807) is 23.1 Å². The summed E-state index contributed by atoms with van der Waals surface area (Å²) in [7, 11) is 0. The predicted molar refractivity (Wildman–Crippen MR) is 104 cm³/mol. The van der Waals surface area contributed by atoms with Crippen LogP contribution in [-0.2, 0) is 9.53 Å². The maximum absolute atomic E-state index is 13.4. The number of carbonyl (C=O) groups is 2. The molecule has 3 aliphatic rings. The van der Waals surface area contributed by atoms with Crippen LogP contribution in [0.5, 0.6) is 0 Å². The lowest BCUT2D eigenvalue weighted by Gasteiger charge is -2.45. The standard InChI is InChI=1S/C20H24Cl2N2O3/c21-13-7-8-15(22)14(12-13)19(25)23-9-3-5-17(23)20(26)24-10-11-27-18-6-2-1-4-16(18)24/h7-8,12,16-18H,1-6,9-11H2/t16-,17+,18+/m0/s1. The van der Waals surface area contributed by atoms with Crippen molar-refractivity contribution < 1.29 is 14.3 Å². The van der Waals surface area contributed by atoms with E-state index < -0.39 is 6.04 Å². The molecule has 0 unspecified atom stereocenters. The Balaban J connectivity index is 1.54. The molecule has 27 heavy (non-hydrogen) atoms. The number of morpholine rings is 1. The molecule has 3 fully saturated rings. The number of likely N-dealkylation sites (tertiary alicyclic amines) is 1. The van der Waals surface area contributed by atoms with Crippen LogP contribution in [0.25, 0.3) is 0 Å². The zero-order chi connectivity index (χ0) is 19.0. The van der Waals surface area contributed by atoms with Crippen LogP contribution in [0.4, 0.5) is 0 Å². The molecule has 2 saturated heterocycles. The SMILES string of the molecule is O=C(c1cc(Cl)ccc1Cl)N1CCC[C@@H]1C(=O)N1CCO[C@@H]2CCCC[C@@H]21. The predicted octanol–water partition coefficient (Wildman–Crippen LogP) is 3.77. The van der Waals surface area contributed by atoms with Crippen LogP contribution in [-0.4, -0.2) is 59.5 Å². The summed E-state index contributed by atoms with van der Waals surface area (Å²) in [5.41, 5.74) is 0.362. The minimum absolute atomic E-state index is 0.0548. The van der Waals surface area contributed by atoms with Crippen molar-refractivity contribution >= 4 is 35.0 Å². The Bertz CT molecular complexity index is 740. The van der Waals surface area contributed by atoms with Crippen LogP contribution < -0.4 is 0 Å². The van der Waals surface area contributed by atoms with Gasteiger partial charge in [-0.25, -0.2) is 0 Å². The van der Waals surface area contributed by atoms with Crippen LogP contribution in [0.1, 0.15) is 48.9 Å². The molecule has 1 aromatic rings. The van der Waals surface area contributed by atoms with E-state index in [1.165, 1.54) is 0 Å². The molecule has 2 amide bonds. The average Bonchev–Trinajstić information content (AvgIpc) is 3.18. The van der Waals surface area contributed by atoms with Crippen molar-refractivity contribution in [2.24, 2.45) is 0 Å². The van der Waals surface area contributed by atoms with Crippen LogP contribution in [0.2, 0.25) is 10.0 Å². The molecule has 0 radical (unpaired) electrons. The second kappa shape index (κ2) is 7.98. The molecule has 3 atom stereocenters. The van der Waals surface area contributed by atoms with E-state index in [-0.39, 0.29) is 24.0 Å². The van der Waals surface area contributed by atoms with Gasteiger partial charge in [0.2, 0.25) is 5.91 Å². The van der Waals surface area contributed by atoms with Crippen molar-refractivity contribution in [2.75, 3.05) is 19.7 Å². The van der Waals surface area contributed by atoms with Crippen LogP contribution in [0.3, 0.4) is 0 Å². The number of benzene rings is 1. The van der Waals surface area contributed by atoms with E-state index in [0.717, 1.165) is 32.1 Å². The second-order valence-corrected chi connectivity index (χ2v) is 8.42. The summed E-state index contributed by atoms with van der Waals surface area (Å²) in [6, 6.07) is 4.58. The Morgan fingerprint density at radius 3 is 2.67 bits per heavy atom. The van der Waals surface area contributed by atoms with Crippen LogP contribution in [0, 0.1) is 0 Å². The summed E-state index contributed by atoms with van der Waals surface area (Å²) in [5.74, 6) is -0.161. The van der Waals surface area contributed by atoms with Gasteiger partial charge in [0.1, 0.15) is 6.04 Å². The van der Waals surface area contributed by atoms with Gasteiger partial charge in [-0.15, -0.1) is 0 Å². The molecule has 0 aromatic heterocycles. The van der Waals surface area contributed by atoms with Gasteiger partial charge in [-0.1, -0.05) is 36.0 Å². The molecule has 4 rings (SSSR count). The van der Waals surface area contributed by atoms with Crippen LogP contribution in [0.15, 0.2) is 18.2 Å². The van der Waals surface area contributed by atoms with Crippen molar-refractivity contribution in [3.8, 4) is 0 Å². The molecule has 0 spiro atoms. The minimum atomic E-state index is -0.423. The number of rotatable bonds is 2. The van der Waals surface area contributed by atoms with Gasteiger partial charge in [0, 0.05) is 18.1 Å². The maximum atomic E-state index is 13.4. The first-order valence-corrected chi connectivity index (χ1v) is 10.5. The number of amides is 2. The third-order valence-electron chi connectivity index (χ3n) is 5.97. The smallest absolute Gasteiger partial charge is 0.256 e. The number of nitrogens with zero attached hydrogens (tertiary/aromatic N) is 2.